The van der Waals surface area contributed by atoms with E-state index in [-0.39, 0.29) is 12.0 Å². The summed E-state index contributed by atoms with van der Waals surface area (Å²) in [6.07, 6.45) is 2.40. The second-order valence-corrected chi connectivity index (χ2v) is 6.40. The van der Waals surface area contributed by atoms with Crippen LogP contribution in [0.15, 0.2) is 11.1 Å². The summed E-state index contributed by atoms with van der Waals surface area (Å²) < 4.78 is 5.22. The highest BCUT2D eigenvalue weighted by molar-refractivity contribution is 5.72. The summed E-state index contributed by atoms with van der Waals surface area (Å²) in [7, 11) is 0. The van der Waals surface area contributed by atoms with E-state index in [1.807, 2.05) is 20.8 Å². The highest BCUT2D eigenvalue weighted by Crippen LogP contribution is 2.42. The lowest BCUT2D eigenvalue weighted by atomic mass is 9.99. The van der Waals surface area contributed by atoms with Crippen molar-refractivity contribution in [2.45, 2.75) is 58.1 Å². The van der Waals surface area contributed by atoms with E-state index in [1.54, 1.807) is 0 Å². The molecule has 2 rings (SSSR count). The van der Waals surface area contributed by atoms with Crippen molar-refractivity contribution < 1.29 is 19.4 Å². The number of aliphatic carboxylic acids is 1. The number of ether oxygens (including phenoxy) is 1. The molecule has 0 aromatic heterocycles. The zero-order valence-corrected chi connectivity index (χ0v) is 11.7. The molecule has 19 heavy (non-hydrogen) atoms. The van der Waals surface area contributed by atoms with Gasteiger partial charge in [-0.2, -0.15) is 0 Å². The van der Waals surface area contributed by atoms with Gasteiger partial charge in [-0.3, -0.25) is 4.79 Å². The summed E-state index contributed by atoms with van der Waals surface area (Å²) in [5.74, 6) is -0.974. The molecule has 0 saturated heterocycles. The fourth-order valence-electron chi connectivity index (χ4n) is 2.83. The van der Waals surface area contributed by atoms with Gasteiger partial charge in [0.05, 0.1) is 5.92 Å². The van der Waals surface area contributed by atoms with Crippen molar-refractivity contribution in [2.75, 3.05) is 0 Å². The average Bonchev–Trinajstić information content (AvgIpc) is 2.70. The Labute approximate surface area is 113 Å². The summed E-state index contributed by atoms with van der Waals surface area (Å²) >= 11 is 0. The Morgan fingerprint density at radius 2 is 1.68 bits per heavy atom. The molecule has 2 aliphatic rings. The van der Waals surface area contributed by atoms with Gasteiger partial charge in [-0.15, -0.1) is 0 Å². The quantitative estimate of drug-likeness (QED) is 0.754. The molecule has 0 aromatic carbocycles. The maximum absolute atomic E-state index is 11.7. The summed E-state index contributed by atoms with van der Waals surface area (Å²) in [6.45, 7) is 5.49. The van der Waals surface area contributed by atoms with Gasteiger partial charge >= 0.3 is 12.1 Å². The molecular formula is C14H21NO4. The van der Waals surface area contributed by atoms with E-state index in [9.17, 15) is 9.59 Å². The number of alkyl carbamates (subject to hydrolysis) is 1. The molecule has 0 saturated carbocycles. The van der Waals surface area contributed by atoms with Gasteiger partial charge in [0.1, 0.15) is 5.60 Å². The number of carbonyl (C=O) groups excluding carboxylic acids is 1. The Morgan fingerprint density at radius 3 is 2.11 bits per heavy atom. The Bertz CT molecular complexity index is 415. The number of amides is 1. The largest absolute Gasteiger partial charge is 0.481 e. The monoisotopic (exact) mass is 267 g/mol. The Hall–Kier alpha value is -1.52. The molecule has 0 unspecified atom stereocenters. The fourth-order valence-corrected chi connectivity index (χ4v) is 2.83. The van der Waals surface area contributed by atoms with Gasteiger partial charge in [0.25, 0.3) is 0 Å². The van der Waals surface area contributed by atoms with E-state index >= 15 is 0 Å². The van der Waals surface area contributed by atoms with Crippen LogP contribution in [-0.2, 0) is 9.53 Å². The van der Waals surface area contributed by atoms with Gasteiger partial charge in [-0.05, 0) is 46.5 Å². The maximum Gasteiger partial charge on any atom is 0.407 e. The maximum atomic E-state index is 11.7. The number of nitrogens with one attached hydrogen (secondary N) is 1. The van der Waals surface area contributed by atoms with Crippen molar-refractivity contribution in [2.24, 2.45) is 5.92 Å². The van der Waals surface area contributed by atoms with Gasteiger partial charge in [-0.1, -0.05) is 11.1 Å². The summed E-state index contributed by atoms with van der Waals surface area (Å²) in [5.41, 5.74) is 1.94. The van der Waals surface area contributed by atoms with Crippen LogP contribution in [0.3, 0.4) is 0 Å². The van der Waals surface area contributed by atoms with E-state index in [1.165, 1.54) is 11.1 Å². The first-order chi connectivity index (χ1) is 8.74. The number of hydrogen-bond acceptors (Lipinski definition) is 3. The third kappa shape index (κ3) is 3.49. The van der Waals surface area contributed by atoms with E-state index in [2.05, 4.69) is 5.32 Å². The molecule has 0 spiro atoms. The first kappa shape index (κ1) is 13.9. The number of carboxylic acid groups (broad SMARTS) is 1. The molecule has 2 N–H and O–H groups in total. The van der Waals surface area contributed by atoms with Gasteiger partial charge in [-0.25, -0.2) is 4.79 Å². The van der Waals surface area contributed by atoms with E-state index in [0.717, 1.165) is 12.8 Å². The van der Waals surface area contributed by atoms with E-state index in [4.69, 9.17) is 9.84 Å². The predicted octanol–water partition coefficient (Wildman–Crippen LogP) is 2.46. The second-order valence-electron chi connectivity index (χ2n) is 6.40. The van der Waals surface area contributed by atoms with Crippen LogP contribution in [0, 0.1) is 5.92 Å². The van der Waals surface area contributed by atoms with Crippen LogP contribution in [0.25, 0.3) is 0 Å². The molecule has 0 heterocycles. The molecule has 0 aliphatic heterocycles. The van der Waals surface area contributed by atoms with Crippen molar-refractivity contribution in [3.63, 3.8) is 0 Å². The van der Waals surface area contributed by atoms with Crippen LogP contribution >= 0.6 is 0 Å². The minimum absolute atomic E-state index is 0.0644. The normalized spacial score (nSPS) is 20.6. The van der Waals surface area contributed by atoms with Gasteiger partial charge < -0.3 is 15.2 Å². The molecule has 0 aromatic rings. The molecule has 106 valence electrons. The topological polar surface area (TPSA) is 75.6 Å². The zero-order chi connectivity index (χ0) is 14.2. The third-order valence-corrected chi connectivity index (χ3v) is 3.54. The Balaban J connectivity index is 1.80. The van der Waals surface area contributed by atoms with Crippen LogP contribution in [0.1, 0.15) is 46.5 Å². The van der Waals surface area contributed by atoms with Crippen molar-refractivity contribution in [1.29, 1.82) is 0 Å². The zero-order valence-electron chi connectivity index (χ0n) is 11.7. The lowest BCUT2D eigenvalue weighted by molar-refractivity contribution is -0.141. The van der Waals surface area contributed by atoms with E-state index in [0.29, 0.717) is 12.8 Å². The van der Waals surface area contributed by atoms with E-state index < -0.39 is 17.7 Å². The van der Waals surface area contributed by atoms with Crippen molar-refractivity contribution in [3.05, 3.63) is 11.1 Å². The number of rotatable bonds is 2. The fraction of sp³-hybridized carbons (Fsp3) is 0.714. The molecule has 2 aliphatic carbocycles. The lowest BCUT2D eigenvalue weighted by Crippen LogP contribution is -2.38. The lowest BCUT2D eigenvalue weighted by Gasteiger charge is -2.22. The van der Waals surface area contributed by atoms with Crippen LogP contribution < -0.4 is 5.32 Å². The van der Waals surface area contributed by atoms with Gasteiger partial charge in [0.15, 0.2) is 0 Å². The van der Waals surface area contributed by atoms with Crippen LogP contribution in [0.4, 0.5) is 4.79 Å². The van der Waals surface area contributed by atoms with Gasteiger partial charge in [0, 0.05) is 6.04 Å². The molecular weight excluding hydrogens is 246 g/mol. The molecule has 0 radical (unpaired) electrons. The standard InChI is InChI=1S/C14H21NO4/c1-14(2,3)19-13(18)15-11-6-8-4-10(12(16)17)5-9(8)7-11/h10-11H,4-7H2,1-3H3,(H,15,18)(H,16,17). The summed E-state index contributed by atoms with van der Waals surface area (Å²) in [6, 6.07) is 0.0644. The minimum atomic E-state index is -0.717. The second kappa shape index (κ2) is 4.87. The molecule has 0 atom stereocenters. The van der Waals surface area contributed by atoms with Crippen molar-refractivity contribution >= 4 is 12.1 Å². The Morgan fingerprint density at radius 1 is 1.16 bits per heavy atom. The highest BCUT2D eigenvalue weighted by atomic mass is 16.6. The third-order valence-electron chi connectivity index (χ3n) is 3.54. The molecule has 1 amide bonds. The smallest absolute Gasteiger partial charge is 0.407 e. The van der Waals surface area contributed by atoms with Crippen molar-refractivity contribution in [3.8, 4) is 0 Å². The SMILES string of the molecule is CC(C)(C)OC(=O)NC1CC2=C(C1)CC(C(=O)O)C2. The molecule has 0 bridgehead atoms. The summed E-state index contributed by atoms with van der Waals surface area (Å²) in [4.78, 5) is 22.6. The van der Waals surface area contributed by atoms with Gasteiger partial charge in [0.2, 0.25) is 0 Å². The van der Waals surface area contributed by atoms with Crippen molar-refractivity contribution in [1.82, 2.24) is 5.32 Å². The molecule has 5 nitrogen and oxygen atoms in total. The van der Waals surface area contributed by atoms with Crippen LogP contribution in [-0.4, -0.2) is 28.8 Å². The predicted molar refractivity (Wildman–Crippen MR) is 69.8 cm³/mol. The number of carbonyl (C=O) groups is 2. The number of carboxylic acids is 1. The first-order valence-corrected chi connectivity index (χ1v) is 6.66. The number of hydrogen-bond donors (Lipinski definition) is 2. The minimum Gasteiger partial charge on any atom is -0.481 e. The first-order valence-electron chi connectivity index (χ1n) is 6.66. The summed E-state index contributed by atoms with van der Waals surface area (Å²) in [5, 5.41) is 11.8. The Kier molecular flexibility index (Phi) is 3.56. The highest BCUT2D eigenvalue weighted by Gasteiger charge is 2.36. The van der Waals surface area contributed by atoms with Crippen LogP contribution in [0.2, 0.25) is 0 Å². The van der Waals surface area contributed by atoms with Crippen LogP contribution in [0.5, 0.6) is 0 Å². The molecule has 0 fully saturated rings. The molecule has 5 heteroatoms. The average molecular weight is 267 g/mol.